The smallest absolute Gasteiger partial charge is 0.255 e. The number of anilines is 1. The first-order valence-electron chi connectivity index (χ1n) is 6.65. The van der Waals surface area contributed by atoms with Crippen molar-refractivity contribution in [3.63, 3.8) is 0 Å². The number of nitrogens with one attached hydrogen (secondary N) is 1. The number of terminal acetylenes is 1. The topological polar surface area (TPSA) is 38.3 Å². The average Bonchev–Trinajstić information content (AvgIpc) is 2.49. The Balaban J connectivity index is 2.06. The Bertz CT molecular complexity index is 681. The lowest BCUT2D eigenvalue weighted by Gasteiger charge is -2.08. The van der Waals surface area contributed by atoms with E-state index in [0.29, 0.717) is 11.3 Å². The van der Waals surface area contributed by atoms with Crippen LogP contribution in [0.1, 0.15) is 21.5 Å². The van der Waals surface area contributed by atoms with Crippen LogP contribution in [-0.4, -0.2) is 12.5 Å². The Labute approximate surface area is 125 Å². The van der Waals surface area contributed by atoms with Gasteiger partial charge in [-0.3, -0.25) is 4.79 Å². The van der Waals surface area contributed by atoms with Crippen LogP contribution in [0.3, 0.4) is 0 Å². The second-order valence-corrected chi connectivity index (χ2v) is 4.77. The monoisotopic (exact) mass is 279 g/mol. The van der Waals surface area contributed by atoms with Crippen molar-refractivity contribution < 1.29 is 9.53 Å². The molecule has 0 aliphatic rings. The lowest BCUT2D eigenvalue weighted by atomic mass is 10.1. The minimum absolute atomic E-state index is 0.151. The van der Waals surface area contributed by atoms with Crippen molar-refractivity contribution in [1.29, 1.82) is 0 Å². The summed E-state index contributed by atoms with van der Waals surface area (Å²) in [6.45, 7) is 4.27. The van der Waals surface area contributed by atoms with Crippen LogP contribution in [0.25, 0.3) is 0 Å². The van der Waals surface area contributed by atoms with Crippen molar-refractivity contribution in [2.45, 2.75) is 13.8 Å². The quantitative estimate of drug-likeness (QED) is 0.869. The number of ether oxygens (including phenoxy) is 1. The number of hydrogen-bond acceptors (Lipinski definition) is 2. The van der Waals surface area contributed by atoms with Gasteiger partial charge >= 0.3 is 0 Å². The molecule has 0 heterocycles. The molecule has 0 saturated carbocycles. The van der Waals surface area contributed by atoms with Gasteiger partial charge < -0.3 is 10.1 Å². The Kier molecular flexibility index (Phi) is 4.63. The van der Waals surface area contributed by atoms with E-state index in [9.17, 15) is 4.79 Å². The first kappa shape index (κ1) is 14.7. The van der Waals surface area contributed by atoms with Crippen LogP contribution >= 0.6 is 0 Å². The van der Waals surface area contributed by atoms with Gasteiger partial charge in [-0.1, -0.05) is 12.0 Å². The summed E-state index contributed by atoms with van der Waals surface area (Å²) in [7, 11) is 0. The molecule has 0 spiro atoms. The molecule has 0 atom stereocenters. The second kappa shape index (κ2) is 6.62. The Morgan fingerprint density at radius 1 is 1.14 bits per heavy atom. The molecule has 3 nitrogen and oxygen atoms in total. The maximum atomic E-state index is 12.2. The minimum atomic E-state index is -0.151. The van der Waals surface area contributed by atoms with E-state index in [2.05, 4.69) is 11.2 Å². The molecular weight excluding hydrogens is 262 g/mol. The average molecular weight is 279 g/mol. The van der Waals surface area contributed by atoms with E-state index in [1.807, 2.05) is 32.0 Å². The maximum absolute atomic E-state index is 12.2. The summed E-state index contributed by atoms with van der Waals surface area (Å²) < 4.78 is 5.27. The fraction of sp³-hybridized carbons (Fsp3) is 0.167. The van der Waals surface area contributed by atoms with E-state index < -0.39 is 0 Å². The summed E-state index contributed by atoms with van der Waals surface area (Å²) in [5, 5.41) is 2.88. The second-order valence-electron chi connectivity index (χ2n) is 4.77. The van der Waals surface area contributed by atoms with E-state index in [1.165, 1.54) is 5.56 Å². The van der Waals surface area contributed by atoms with E-state index in [-0.39, 0.29) is 12.5 Å². The number of hydrogen-bond donors (Lipinski definition) is 1. The molecule has 0 aliphatic heterocycles. The summed E-state index contributed by atoms with van der Waals surface area (Å²) in [6, 6.07) is 12.7. The number of carbonyl (C=O) groups is 1. The van der Waals surface area contributed by atoms with E-state index in [0.717, 1.165) is 11.3 Å². The molecule has 1 amide bonds. The van der Waals surface area contributed by atoms with Gasteiger partial charge in [0.1, 0.15) is 12.4 Å². The number of amides is 1. The Morgan fingerprint density at radius 3 is 2.48 bits per heavy atom. The molecule has 0 fully saturated rings. The van der Waals surface area contributed by atoms with Crippen LogP contribution in [0, 0.1) is 26.2 Å². The van der Waals surface area contributed by atoms with Gasteiger partial charge in [-0.05, 0) is 61.4 Å². The van der Waals surface area contributed by atoms with Crippen molar-refractivity contribution in [2.75, 3.05) is 11.9 Å². The largest absolute Gasteiger partial charge is 0.481 e. The van der Waals surface area contributed by atoms with Gasteiger partial charge in [0.05, 0.1) is 0 Å². The first-order chi connectivity index (χ1) is 10.1. The highest BCUT2D eigenvalue weighted by molar-refractivity contribution is 6.04. The van der Waals surface area contributed by atoms with Crippen LogP contribution < -0.4 is 10.1 Å². The van der Waals surface area contributed by atoms with Crippen molar-refractivity contribution in [2.24, 2.45) is 0 Å². The van der Waals surface area contributed by atoms with Gasteiger partial charge in [0.15, 0.2) is 0 Å². The molecule has 2 rings (SSSR count). The summed E-state index contributed by atoms with van der Waals surface area (Å²) >= 11 is 0. The molecule has 2 aromatic carbocycles. The summed E-state index contributed by atoms with van der Waals surface area (Å²) in [5.41, 5.74) is 3.70. The highest BCUT2D eigenvalue weighted by Gasteiger charge is 2.06. The van der Waals surface area contributed by atoms with Crippen LogP contribution in [0.4, 0.5) is 5.69 Å². The molecular formula is C18H17NO2. The normalized spacial score (nSPS) is 9.76. The van der Waals surface area contributed by atoms with Crippen molar-refractivity contribution in [3.8, 4) is 18.1 Å². The minimum Gasteiger partial charge on any atom is -0.481 e. The number of benzene rings is 2. The Hall–Kier alpha value is -2.73. The number of rotatable bonds is 4. The van der Waals surface area contributed by atoms with Crippen LogP contribution in [-0.2, 0) is 0 Å². The first-order valence-corrected chi connectivity index (χ1v) is 6.65. The molecule has 21 heavy (non-hydrogen) atoms. The third kappa shape index (κ3) is 3.87. The molecule has 1 N–H and O–H groups in total. The number of aryl methyl sites for hydroxylation is 2. The maximum Gasteiger partial charge on any atom is 0.255 e. The predicted molar refractivity (Wildman–Crippen MR) is 84.6 cm³/mol. The lowest BCUT2D eigenvalue weighted by molar-refractivity contribution is 0.102. The third-order valence-electron chi connectivity index (χ3n) is 3.20. The van der Waals surface area contributed by atoms with Crippen molar-refractivity contribution in [1.82, 2.24) is 0 Å². The van der Waals surface area contributed by atoms with Crippen LogP contribution in [0.5, 0.6) is 5.75 Å². The zero-order chi connectivity index (χ0) is 15.2. The lowest BCUT2D eigenvalue weighted by Crippen LogP contribution is -2.12. The van der Waals surface area contributed by atoms with E-state index in [1.54, 1.807) is 24.3 Å². The van der Waals surface area contributed by atoms with Gasteiger partial charge in [0, 0.05) is 11.3 Å². The van der Waals surface area contributed by atoms with E-state index in [4.69, 9.17) is 11.2 Å². The Morgan fingerprint density at radius 2 is 1.86 bits per heavy atom. The molecule has 2 aromatic rings. The molecule has 0 aromatic heterocycles. The molecule has 0 radical (unpaired) electrons. The molecule has 3 heteroatoms. The predicted octanol–water partition coefficient (Wildman–Crippen LogP) is 3.57. The highest BCUT2D eigenvalue weighted by Crippen LogP contribution is 2.17. The fourth-order valence-corrected chi connectivity index (χ4v) is 1.85. The fourth-order valence-electron chi connectivity index (χ4n) is 1.85. The van der Waals surface area contributed by atoms with Crippen LogP contribution in [0.15, 0.2) is 42.5 Å². The molecule has 106 valence electrons. The third-order valence-corrected chi connectivity index (χ3v) is 3.20. The standard InChI is InChI=1S/C18H17NO2/c1-4-11-21-17-9-6-15(7-10-17)18(20)19-16-8-5-13(2)14(3)12-16/h1,5-10,12H,11H2,2-3H3,(H,19,20). The summed E-state index contributed by atoms with van der Waals surface area (Å²) in [6.07, 6.45) is 5.12. The zero-order valence-electron chi connectivity index (χ0n) is 12.1. The van der Waals surface area contributed by atoms with Crippen molar-refractivity contribution in [3.05, 3.63) is 59.2 Å². The number of carbonyl (C=O) groups excluding carboxylic acids is 1. The van der Waals surface area contributed by atoms with Gasteiger partial charge in [-0.15, -0.1) is 6.42 Å². The zero-order valence-corrected chi connectivity index (χ0v) is 12.1. The van der Waals surface area contributed by atoms with Gasteiger partial charge in [0.2, 0.25) is 0 Å². The van der Waals surface area contributed by atoms with Gasteiger partial charge in [0.25, 0.3) is 5.91 Å². The van der Waals surface area contributed by atoms with Gasteiger partial charge in [-0.2, -0.15) is 0 Å². The summed E-state index contributed by atoms with van der Waals surface area (Å²) in [4.78, 5) is 12.2. The molecule has 0 bridgehead atoms. The van der Waals surface area contributed by atoms with E-state index >= 15 is 0 Å². The summed E-state index contributed by atoms with van der Waals surface area (Å²) in [5.74, 6) is 2.89. The molecule has 0 unspecified atom stereocenters. The SMILES string of the molecule is C#CCOc1ccc(C(=O)Nc2ccc(C)c(C)c2)cc1. The highest BCUT2D eigenvalue weighted by atomic mass is 16.5. The molecule has 0 aliphatic carbocycles. The van der Waals surface area contributed by atoms with Crippen molar-refractivity contribution >= 4 is 11.6 Å². The molecule has 0 saturated heterocycles. The van der Waals surface area contributed by atoms with Crippen LogP contribution in [0.2, 0.25) is 0 Å². The van der Waals surface area contributed by atoms with Gasteiger partial charge in [-0.25, -0.2) is 0 Å².